The van der Waals surface area contributed by atoms with E-state index in [1.807, 2.05) is 19.9 Å². The van der Waals surface area contributed by atoms with Crippen molar-refractivity contribution in [2.24, 2.45) is 5.92 Å². The van der Waals surface area contributed by atoms with Gasteiger partial charge in [0.1, 0.15) is 0 Å². The molecule has 1 fully saturated rings. The number of aromatic nitrogens is 2. The summed E-state index contributed by atoms with van der Waals surface area (Å²) in [6.45, 7) is 4.71. The van der Waals surface area contributed by atoms with E-state index in [-0.39, 0.29) is 17.7 Å². The summed E-state index contributed by atoms with van der Waals surface area (Å²) in [4.78, 5) is 34.8. The summed E-state index contributed by atoms with van der Waals surface area (Å²) in [5.41, 5.74) is 7.03. The molecule has 3 heterocycles. The summed E-state index contributed by atoms with van der Waals surface area (Å²) in [6, 6.07) is 5.16. The maximum absolute atomic E-state index is 12.4. The van der Waals surface area contributed by atoms with Gasteiger partial charge in [-0.15, -0.1) is 0 Å². The number of carbonyl (C=O) groups excluding carboxylic acids is 2. The van der Waals surface area contributed by atoms with Crippen LogP contribution in [0.5, 0.6) is 0 Å². The Kier molecular flexibility index (Phi) is 4.97. The van der Waals surface area contributed by atoms with Crippen LogP contribution in [0.2, 0.25) is 0 Å². The number of nitrogens with one attached hydrogen (secondary N) is 2. The molecule has 2 aromatic rings. The number of rotatable bonds is 4. The minimum Gasteiger partial charge on any atom is -0.459 e. The van der Waals surface area contributed by atoms with E-state index in [4.69, 9.17) is 4.42 Å². The van der Waals surface area contributed by atoms with Crippen molar-refractivity contribution in [1.29, 1.82) is 0 Å². The van der Waals surface area contributed by atoms with E-state index < -0.39 is 0 Å². The molecule has 2 N–H and O–H groups in total. The molecule has 0 aromatic carbocycles. The van der Waals surface area contributed by atoms with Crippen LogP contribution in [0.15, 0.2) is 28.9 Å². The highest BCUT2D eigenvalue weighted by Gasteiger charge is 2.29. The first-order chi connectivity index (χ1) is 12.0. The van der Waals surface area contributed by atoms with Gasteiger partial charge in [0, 0.05) is 24.5 Å². The fourth-order valence-corrected chi connectivity index (χ4v) is 2.93. The van der Waals surface area contributed by atoms with Crippen molar-refractivity contribution in [3.05, 3.63) is 41.6 Å². The molecule has 0 unspecified atom stereocenters. The van der Waals surface area contributed by atoms with Crippen molar-refractivity contribution < 1.29 is 14.0 Å². The van der Waals surface area contributed by atoms with E-state index >= 15 is 0 Å². The number of aryl methyl sites for hydroxylation is 2. The molecule has 0 saturated carbocycles. The van der Waals surface area contributed by atoms with Crippen LogP contribution in [0, 0.1) is 19.8 Å². The van der Waals surface area contributed by atoms with E-state index in [1.54, 1.807) is 17.0 Å². The molecule has 0 spiro atoms. The number of hydrogen-bond acceptors (Lipinski definition) is 6. The second-order valence-electron chi connectivity index (χ2n) is 6.16. The van der Waals surface area contributed by atoms with Crippen molar-refractivity contribution in [2.45, 2.75) is 26.7 Å². The van der Waals surface area contributed by atoms with Gasteiger partial charge in [-0.25, -0.2) is 9.97 Å². The predicted octanol–water partition coefficient (Wildman–Crippen LogP) is 1.68. The summed E-state index contributed by atoms with van der Waals surface area (Å²) in [5.74, 6) is -0.00753. The van der Waals surface area contributed by atoms with Gasteiger partial charge < -0.3 is 9.32 Å². The van der Waals surface area contributed by atoms with Crippen LogP contribution in [0.1, 0.15) is 34.8 Å². The van der Waals surface area contributed by atoms with Crippen LogP contribution in [-0.2, 0) is 4.79 Å². The van der Waals surface area contributed by atoms with E-state index in [9.17, 15) is 9.59 Å². The van der Waals surface area contributed by atoms with Crippen LogP contribution >= 0.6 is 0 Å². The lowest BCUT2D eigenvalue weighted by Gasteiger charge is -2.31. The van der Waals surface area contributed by atoms with Crippen molar-refractivity contribution in [2.75, 3.05) is 18.5 Å². The molecule has 1 atom stereocenters. The van der Waals surface area contributed by atoms with Gasteiger partial charge in [0.2, 0.25) is 11.9 Å². The summed E-state index contributed by atoms with van der Waals surface area (Å²) in [5, 5.41) is 0. The molecule has 0 radical (unpaired) electrons. The smallest absolute Gasteiger partial charge is 0.289 e. The number of hydrazine groups is 1. The highest BCUT2D eigenvalue weighted by molar-refractivity contribution is 5.92. The molecule has 1 saturated heterocycles. The standard InChI is InChI=1S/C17H21N5O3/c1-11-9-12(2)19-17(18-11)21-20-15(23)13-5-3-7-22(10-13)16(24)14-6-4-8-25-14/h4,6,8-9,13H,3,5,7,10H2,1-2H3,(H,20,23)(H,18,19,21)/t13-/m1/s1. The minimum absolute atomic E-state index is 0.181. The van der Waals surface area contributed by atoms with E-state index in [0.29, 0.717) is 24.8 Å². The van der Waals surface area contributed by atoms with Crippen LogP contribution in [0.4, 0.5) is 5.95 Å². The lowest BCUT2D eigenvalue weighted by Crippen LogP contribution is -2.46. The number of amides is 2. The van der Waals surface area contributed by atoms with Crippen LogP contribution in [-0.4, -0.2) is 39.8 Å². The minimum atomic E-state index is -0.286. The van der Waals surface area contributed by atoms with Gasteiger partial charge in [-0.1, -0.05) is 0 Å². The molecule has 132 valence electrons. The maximum Gasteiger partial charge on any atom is 0.289 e. The number of likely N-dealkylation sites (tertiary alicyclic amines) is 1. The SMILES string of the molecule is Cc1cc(C)nc(NNC(=O)[C@@H]2CCCN(C(=O)c3ccco3)C2)n1. The Bertz CT molecular complexity index is 739. The first-order valence-electron chi connectivity index (χ1n) is 8.24. The van der Waals surface area contributed by atoms with Crippen LogP contribution in [0.3, 0.4) is 0 Å². The normalized spacial score (nSPS) is 17.2. The molecule has 2 amide bonds. The Labute approximate surface area is 145 Å². The van der Waals surface area contributed by atoms with Gasteiger partial charge in [-0.2, -0.15) is 0 Å². The summed E-state index contributed by atoms with van der Waals surface area (Å²) < 4.78 is 5.15. The number of hydrogen-bond donors (Lipinski definition) is 2. The molecular formula is C17H21N5O3. The Morgan fingerprint density at radius 3 is 2.72 bits per heavy atom. The van der Waals surface area contributed by atoms with Crippen LogP contribution < -0.4 is 10.9 Å². The highest BCUT2D eigenvalue weighted by atomic mass is 16.3. The molecule has 0 bridgehead atoms. The molecular weight excluding hydrogens is 322 g/mol. The number of furan rings is 1. The Morgan fingerprint density at radius 2 is 2.04 bits per heavy atom. The average Bonchev–Trinajstić information content (AvgIpc) is 3.13. The van der Waals surface area contributed by atoms with Crippen molar-refractivity contribution in [3.63, 3.8) is 0 Å². The van der Waals surface area contributed by atoms with Crippen molar-refractivity contribution >= 4 is 17.8 Å². The zero-order chi connectivity index (χ0) is 17.8. The van der Waals surface area contributed by atoms with E-state index in [1.165, 1.54) is 6.26 Å². The monoisotopic (exact) mass is 343 g/mol. The van der Waals surface area contributed by atoms with Gasteiger partial charge in [0.25, 0.3) is 5.91 Å². The van der Waals surface area contributed by atoms with Crippen molar-refractivity contribution in [1.82, 2.24) is 20.3 Å². The lowest BCUT2D eigenvalue weighted by atomic mass is 9.97. The molecule has 8 nitrogen and oxygen atoms in total. The third-order valence-electron chi connectivity index (χ3n) is 4.09. The first kappa shape index (κ1) is 16.9. The second-order valence-corrected chi connectivity index (χ2v) is 6.16. The van der Waals surface area contributed by atoms with Gasteiger partial charge >= 0.3 is 0 Å². The summed E-state index contributed by atoms with van der Waals surface area (Å²) >= 11 is 0. The molecule has 1 aliphatic heterocycles. The Morgan fingerprint density at radius 1 is 1.28 bits per heavy atom. The maximum atomic E-state index is 12.4. The zero-order valence-corrected chi connectivity index (χ0v) is 14.3. The van der Waals surface area contributed by atoms with Gasteiger partial charge in [0.05, 0.1) is 12.2 Å². The van der Waals surface area contributed by atoms with Gasteiger partial charge in [0.15, 0.2) is 5.76 Å². The number of anilines is 1. The largest absolute Gasteiger partial charge is 0.459 e. The Hall–Kier alpha value is -2.90. The Balaban J connectivity index is 1.57. The third kappa shape index (κ3) is 4.14. The van der Waals surface area contributed by atoms with E-state index in [0.717, 1.165) is 24.2 Å². The van der Waals surface area contributed by atoms with Crippen LogP contribution in [0.25, 0.3) is 0 Å². The zero-order valence-electron chi connectivity index (χ0n) is 14.3. The fourth-order valence-electron chi connectivity index (χ4n) is 2.93. The number of carbonyl (C=O) groups is 2. The third-order valence-corrected chi connectivity index (χ3v) is 4.09. The predicted molar refractivity (Wildman–Crippen MR) is 90.6 cm³/mol. The number of nitrogens with zero attached hydrogens (tertiary/aromatic N) is 3. The summed E-state index contributed by atoms with van der Waals surface area (Å²) in [6.07, 6.45) is 2.96. The summed E-state index contributed by atoms with van der Waals surface area (Å²) in [7, 11) is 0. The average molecular weight is 343 g/mol. The topological polar surface area (TPSA) is 100 Å². The second kappa shape index (κ2) is 7.33. The molecule has 25 heavy (non-hydrogen) atoms. The molecule has 0 aliphatic carbocycles. The van der Waals surface area contributed by atoms with Gasteiger partial charge in [-0.3, -0.25) is 20.4 Å². The number of piperidine rings is 1. The molecule has 1 aliphatic rings. The van der Waals surface area contributed by atoms with E-state index in [2.05, 4.69) is 20.8 Å². The quantitative estimate of drug-likeness (QED) is 0.819. The molecule has 2 aromatic heterocycles. The molecule has 3 rings (SSSR count). The lowest BCUT2D eigenvalue weighted by molar-refractivity contribution is -0.125. The molecule has 8 heteroatoms. The first-order valence-corrected chi connectivity index (χ1v) is 8.24. The van der Waals surface area contributed by atoms with Crippen molar-refractivity contribution in [3.8, 4) is 0 Å². The van der Waals surface area contributed by atoms with Gasteiger partial charge in [-0.05, 0) is 44.9 Å². The fraction of sp³-hybridized carbons (Fsp3) is 0.412. The highest BCUT2D eigenvalue weighted by Crippen LogP contribution is 2.19.